The third-order valence-electron chi connectivity index (χ3n) is 7.42. The first kappa shape index (κ1) is 47.8. The predicted octanol–water partition coefficient (Wildman–Crippen LogP) is -1.50. The molecule has 2 rings (SSSR count). The van der Waals surface area contributed by atoms with Crippen LogP contribution in [0.5, 0.6) is 0 Å². The second kappa shape index (κ2) is 21.8. The monoisotopic (exact) mass is 817 g/mol. The SMILES string of the molecule is C[C@H](OCNC(=O)CNC(=O)[C@H](Cc1ccccc1)NC(=O)CNC(=O)CNC(=O)[C@@H](CN(CC(=O)OC(C)(C)C)C(=O)OC(C)(C)C)N1C(=O)C=CC1=O)C(=O)O. The van der Waals surface area contributed by atoms with Crippen LogP contribution in [-0.4, -0.2) is 143 Å². The number of carboxylic acid groups (broad SMARTS) is 1. The zero-order valence-corrected chi connectivity index (χ0v) is 33.4. The molecule has 21 heteroatoms. The van der Waals surface area contributed by atoms with Crippen LogP contribution < -0.4 is 26.6 Å². The first-order valence-corrected chi connectivity index (χ1v) is 18.0. The molecule has 0 radical (unpaired) electrons. The van der Waals surface area contributed by atoms with Crippen LogP contribution in [0.4, 0.5) is 4.79 Å². The van der Waals surface area contributed by atoms with E-state index in [0.29, 0.717) is 10.5 Å². The summed E-state index contributed by atoms with van der Waals surface area (Å²) in [5, 5.41) is 20.5. The molecule has 3 atom stereocenters. The molecule has 58 heavy (non-hydrogen) atoms. The first-order chi connectivity index (χ1) is 27.0. The fourth-order valence-electron chi connectivity index (χ4n) is 4.77. The summed E-state index contributed by atoms with van der Waals surface area (Å²) in [4.78, 5) is 128. The van der Waals surface area contributed by atoms with E-state index in [-0.39, 0.29) is 6.42 Å². The molecule has 0 bridgehead atoms. The Bertz CT molecular complexity index is 1720. The minimum absolute atomic E-state index is 0.0122. The molecule has 0 spiro atoms. The van der Waals surface area contributed by atoms with Crippen molar-refractivity contribution in [3.63, 3.8) is 0 Å². The molecule has 1 aliphatic heterocycles. The lowest BCUT2D eigenvalue weighted by molar-refractivity contribution is -0.156. The van der Waals surface area contributed by atoms with Crippen LogP contribution >= 0.6 is 0 Å². The number of benzene rings is 1. The largest absolute Gasteiger partial charge is 0.479 e. The van der Waals surface area contributed by atoms with Gasteiger partial charge in [-0.1, -0.05) is 30.3 Å². The summed E-state index contributed by atoms with van der Waals surface area (Å²) in [5.74, 6) is -8.19. The van der Waals surface area contributed by atoms with Crippen LogP contribution in [0.3, 0.4) is 0 Å². The topological polar surface area (TPSA) is 285 Å². The van der Waals surface area contributed by atoms with Gasteiger partial charge in [-0.2, -0.15) is 0 Å². The Morgan fingerprint density at radius 1 is 0.741 bits per heavy atom. The number of carbonyl (C=O) groups is 10. The second-order valence-electron chi connectivity index (χ2n) is 14.8. The number of aliphatic carboxylic acids is 1. The van der Waals surface area contributed by atoms with Crippen LogP contribution in [0.1, 0.15) is 54.0 Å². The van der Waals surface area contributed by atoms with E-state index in [9.17, 15) is 47.9 Å². The molecule has 0 aromatic heterocycles. The number of ether oxygens (including phenoxy) is 3. The molecule has 0 saturated heterocycles. The van der Waals surface area contributed by atoms with Gasteiger partial charge in [0, 0.05) is 18.6 Å². The third kappa shape index (κ3) is 17.6. The Hall–Kier alpha value is -6.38. The van der Waals surface area contributed by atoms with Crippen LogP contribution in [0.15, 0.2) is 42.5 Å². The summed E-state index contributed by atoms with van der Waals surface area (Å²) in [7, 11) is 0. The van der Waals surface area contributed by atoms with E-state index in [1.807, 2.05) is 0 Å². The molecule has 0 saturated carbocycles. The van der Waals surface area contributed by atoms with Crippen molar-refractivity contribution in [2.75, 3.05) is 39.5 Å². The molecule has 318 valence electrons. The van der Waals surface area contributed by atoms with Crippen LogP contribution in [0.2, 0.25) is 0 Å². The number of amides is 8. The van der Waals surface area contributed by atoms with E-state index in [0.717, 1.165) is 17.1 Å². The Kier molecular flexibility index (Phi) is 18.0. The molecule has 0 unspecified atom stereocenters. The molecule has 8 amide bonds. The minimum atomic E-state index is -1.75. The van der Waals surface area contributed by atoms with E-state index in [4.69, 9.17) is 19.3 Å². The smallest absolute Gasteiger partial charge is 0.410 e. The molecule has 1 aliphatic rings. The van der Waals surface area contributed by atoms with Crippen molar-refractivity contribution in [3.8, 4) is 0 Å². The highest BCUT2D eigenvalue weighted by Gasteiger charge is 2.39. The maximum Gasteiger partial charge on any atom is 0.410 e. The first-order valence-electron chi connectivity index (χ1n) is 18.0. The maximum atomic E-state index is 13.5. The molecule has 6 N–H and O–H groups in total. The zero-order chi connectivity index (χ0) is 43.8. The van der Waals surface area contributed by atoms with Gasteiger partial charge in [0.2, 0.25) is 29.5 Å². The molecule has 1 aromatic carbocycles. The molecular weight excluding hydrogens is 766 g/mol. The summed E-state index contributed by atoms with van der Waals surface area (Å²) >= 11 is 0. The number of esters is 1. The Labute approximate surface area is 334 Å². The summed E-state index contributed by atoms with van der Waals surface area (Å²) in [6.07, 6.45) is -0.453. The van der Waals surface area contributed by atoms with Crippen molar-refractivity contribution in [2.24, 2.45) is 0 Å². The van der Waals surface area contributed by atoms with Gasteiger partial charge in [0.05, 0.1) is 26.2 Å². The van der Waals surface area contributed by atoms with Gasteiger partial charge in [-0.05, 0) is 54.0 Å². The summed E-state index contributed by atoms with van der Waals surface area (Å²) < 4.78 is 15.6. The van der Waals surface area contributed by atoms with Crippen molar-refractivity contribution in [2.45, 2.75) is 84.3 Å². The van der Waals surface area contributed by atoms with Crippen molar-refractivity contribution in [3.05, 3.63) is 48.0 Å². The van der Waals surface area contributed by atoms with Gasteiger partial charge in [0.15, 0.2) is 6.10 Å². The zero-order valence-electron chi connectivity index (χ0n) is 33.4. The van der Waals surface area contributed by atoms with E-state index in [2.05, 4.69) is 26.6 Å². The number of nitrogens with zero attached hydrogens (tertiary/aromatic N) is 2. The molecule has 1 heterocycles. The van der Waals surface area contributed by atoms with Crippen molar-refractivity contribution in [1.29, 1.82) is 0 Å². The lowest BCUT2D eigenvalue weighted by atomic mass is 10.1. The number of hydrogen-bond acceptors (Lipinski definition) is 13. The number of rotatable bonds is 20. The van der Waals surface area contributed by atoms with Crippen molar-refractivity contribution >= 4 is 59.4 Å². The molecule has 0 fully saturated rings. The Morgan fingerprint density at radius 3 is 1.83 bits per heavy atom. The highest BCUT2D eigenvalue weighted by atomic mass is 16.6. The number of nitrogens with one attached hydrogen (secondary N) is 5. The third-order valence-corrected chi connectivity index (χ3v) is 7.42. The van der Waals surface area contributed by atoms with E-state index in [1.165, 1.54) is 6.92 Å². The van der Waals surface area contributed by atoms with Gasteiger partial charge < -0.3 is 45.9 Å². The summed E-state index contributed by atoms with van der Waals surface area (Å²) in [6, 6.07) is 5.58. The van der Waals surface area contributed by atoms with Gasteiger partial charge >= 0.3 is 18.0 Å². The highest BCUT2D eigenvalue weighted by Crippen LogP contribution is 2.16. The van der Waals surface area contributed by atoms with E-state index >= 15 is 0 Å². The van der Waals surface area contributed by atoms with Crippen LogP contribution in [-0.2, 0) is 63.8 Å². The quantitative estimate of drug-likeness (QED) is 0.0496. The highest BCUT2D eigenvalue weighted by molar-refractivity contribution is 6.15. The molecule has 1 aromatic rings. The Morgan fingerprint density at radius 2 is 1.28 bits per heavy atom. The average molecular weight is 818 g/mol. The Balaban J connectivity index is 2.09. The fourth-order valence-corrected chi connectivity index (χ4v) is 4.77. The summed E-state index contributed by atoms with van der Waals surface area (Å²) in [5.41, 5.74) is -1.35. The average Bonchev–Trinajstić information content (AvgIpc) is 3.45. The van der Waals surface area contributed by atoms with E-state index < -0.39 is 128 Å². The lowest BCUT2D eigenvalue weighted by Gasteiger charge is -2.32. The van der Waals surface area contributed by atoms with Gasteiger partial charge in [0.25, 0.3) is 11.8 Å². The van der Waals surface area contributed by atoms with Gasteiger partial charge in [-0.15, -0.1) is 0 Å². The minimum Gasteiger partial charge on any atom is -0.479 e. The lowest BCUT2D eigenvalue weighted by Crippen LogP contribution is -2.57. The fraction of sp³-hybridized carbons (Fsp3) is 0.514. The van der Waals surface area contributed by atoms with Crippen LogP contribution in [0, 0.1) is 0 Å². The van der Waals surface area contributed by atoms with Crippen molar-refractivity contribution < 1.29 is 67.3 Å². The standard InChI is InChI=1S/C37H51N7O14/c1-22(34(53)54)56-21-41-27(46)17-39-32(51)24(15-23-11-9-8-10-12-23)42-28(47)18-38-26(45)16-40-33(52)25(44-29(48)13-14-30(44)49)19-43(35(55)58-37(5,6)7)20-31(50)57-36(2,3)4/h8-14,22,24-25H,15-21H2,1-7H3,(H,38,45)(H,39,51)(H,40,52)(H,41,46)(H,42,47)(H,53,54)/t22-,24-,25+/m0/s1. The predicted molar refractivity (Wildman–Crippen MR) is 201 cm³/mol. The summed E-state index contributed by atoms with van der Waals surface area (Å²) in [6.45, 7) is 6.85. The number of carboxylic acids is 1. The van der Waals surface area contributed by atoms with Gasteiger partial charge in [-0.25, -0.2) is 9.59 Å². The molecule has 21 nitrogen and oxygen atoms in total. The maximum absolute atomic E-state index is 13.5. The normalized spacial score (nSPS) is 14.0. The van der Waals surface area contributed by atoms with Crippen molar-refractivity contribution in [1.82, 2.24) is 36.4 Å². The molecular formula is C37H51N7O14. The van der Waals surface area contributed by atoms with Gasteiger partial charge in [0.1, 0.15) is 36.6 Å². The second-order valence-corrected chi connectivity index (χ2v) is 14.8. The van der Waals surface area contributed by atoms with Gasteiger partial charge in [-0.3, -0.25) is 48.2 Å². The van der Waals surface area contributed by atoms with Crippen LogP contribution in [0.25, 0.3) is 0 Å². The molecule has 0 aliphatic carbocycles. The van der Waals surface area contributed by atoms with E-state index in [1.54, 1.807) is 71.9 Å². The number of carbonyl (C=O) groups excluding carboxylic acids is 9. The number of hydrogen-bond donors (Lipinski definition) is 6. The number of imide groups is 1.